The Morgan fingerprint density at radius 3 is 2.47 bits per heavy atom. The van der Waals surface area contributed by atoms with E-state index in [0.717, 1.165) is 29.8 Å². The van der Waals surface area contributed by atoms with Crippen LogP contribution >= 0.6 is 0 Å². The second kappa shape index (κ2) is 9.31. The van der Waals surface area contributed by atoms with E-state index < -0.39 is 0 Å². The summed E-state index contributed by atoms with van der Waals surface area (Å²) in [6.45, 7) is 4.96. The fourth-order valence-electron chi connectivity index (χ4n) is 3.74. The monoisotopic (exact) mass is 398 g/mol. The average molecular weight is 399 g/mol. The van der Waals surface area contributed by atoms with Crippen molar-refractivity contribution in [2.45, 2.75) is 19.0 Å². The molecule has 3 aromatic rings. The molecule has 0 spiro atoms. The Morgan fingerprint density at radius 2 is 1.70 bits per heavy atom. The van der Waals surface area contributed by atoms with Crippen LogP contribution in [0.25, 0.3) is 0 Å². The smallest absolute Gasteiger partial charge is 0.258 e. The minimum absolute atomic E-state index is 0.00971. The topological polar surface area (TPSA) is 41.6 Å². The quantitative estimate of drug-likeness (QED) is 0.405. The van der Waals surface area contributed by atoms with Crippen molar-refractivity contribution >= 4 is 11.6 Å². The Kier molecular flexibility index (Phi) is 6.14. The van der Waals surface area contributed by atoms with Gasteiger partial charge in [-0.05, 0) is 48.2 Å². The number of rotatable bonds is 8. The first kappa shape index (κ1) is 19.8. The van der Waals surface area contributed by atoms with Crippen molar-refractivity contribution in [2.75, 3.05) is 18.5 Å². The van der Waals surface area contributed by atoms with E-state index in [1.54, 1.807) is 11.0 Å². The van der Waals surface area contributed by atoms with E-state index >= 15 is 0 Å². The van der Waals surface area contributed by atoms with Gasteiger partial charge in [-0.2, -0.15) is 0 Å². The molecule has 0 saturated carbocycles. The van der Waals surface area contributed by atoms with Crippen molar-refractivity contribution in [3.63, 3.8) is 0 Å². The van der Waals surface area contributed by atoms with Gasteiger partial charge in [-0.15, -0.1) is 6.58 Å². The van der Waals surface area contributed by atoms with Crippen LogP contribution in [0.2, 0.25) is 0 Å². The van der Waals surface area contributed by atoms with Gasteiger partial charge < -0.3 is 15.0 Å². The lowest BCUT2D eigenvalue weighted by molar-refractivity contribution is 0.0707. The maximum Gasteiger partial charge on any atom is 0.258 e. The molecular formula is C26H26N2O2. The van der Waals surface area contributed by atoms with Crippen molar-refractivity contribution in [1.29, 1.82) is 0 Å². The van der Waals surface area contributed by atoms with Gasteiger partial charge in [-0.25, -0.2) is 0 Å². The Hall–Kier alpha value is -3.53. The molecule has 1 amide bonds. The van der Waals surface area contributed by atoms with Crippen molar-refractivity contribution in [3.8, 4) is 5.75 Å². The van der Waals surface area contributed by atoms with Crippen LogP contribution in [0, 0.1) is 0 Å². The van der Waals surface area contributed by atoms with E-state index in [9.17, 15) is 4.79 Å². The number of carbonyl (C=O) groups is 1. The maximum absolute atomic E-state index is 13.0. The van der Waals surface area contributed by atoms with Gasteiger partial charge >= 0.3 is 0 Å². The van der Waals surface area contributed by atoms with Crippen LogP contribution in [0.3, 0.4) is 0 Å². The van der Waals surface area contributed by atoms with Gasteiger partial charge in [0.1, 0.15) is 11.9 Å². The summed E-state index contributed by atoms with van der Waals surface area (Å²) in [6.07, 6.45) is 3.49. The van der Waals surface area contributed by atoms with Gasteiger partial charge in [-0.3, -0.25) is 4.79 Å². The van der Waals surface area contributed by atoms with Crippen molar-refractivity contribution in [1.82, 2.24) is 4.90 Å². The van der Waals surface area contributed by atoms with Crippen LogP contribution in [0.15, 0.2) is 91.5 Å². The van der Waals surface area contributed by atoms with E-state index in [4.69, 9.17) is 4.74 Å². The highest BCUT2D eigenvalue weighted by Crippen LogP contribution is 2.33. The largest absolute Gasteiger partial charge is 0.494 e. The van der Waals surface area contributed by atoms with Gasteiger partial charge in [0.25, 0.3) is 5.91 Å². The lowest BCUT2D eigenvalue weighted by Crippen LogP contribution is -2.42. The highest BCUT2D eigenvalue weighted by atomic mass is 16.5. The van der Waals surface area contributed by atoms with Gasteiger partial charge in [-0.1, -0.05) is 60.7 Å². The zero-order chi connectivity index (χ0) is 20.8. The minimum atomic E-state index is -0.238. The fourth-order valence-corrected chi connectivity index (χ4v) is 3.74. The summed E-state index contributed by atoms with van der Waals surface area (Å²) in [7, 11) is 0. The number of aryl methyl sites for hydroxylation is 1. The fraction of sp³-hybridized carbons (Fsp3) is 0.192. The SMILES string of the molecule is C=CCN1C(=O)c2ccccc2NC1c1ccc(OCCCc2ccccc2)cc1. The number of ether oxygens (including phenoxy) is 1. The molecule has 1 aliphatic heterocycles. The first-order valence-corrected chi connectivity index (χ1v) is 10.3. The molecule has 1 aliphatic rings. The molecule has 3 aromatic carbocycles. The summed E-state index contributed by atoms with van der Waals surface area (Å²) < 4.78 is 5.90. The predicted octanol–water partition coefficient (Wildman–Crippen LogP) is 5.45. The van der Waals surface area contributed by atoms with Crippen LogP contribution in [0.1, 0.15) is 34.1 Å². The molecule has 0 aromatic heterocycles. The second-order valence-corrected chi connectivity index (χ2v) is 7.35. The van der Waals surface area contributed by atoms with E-state index in [-0.39, 0.29) is 12.1 Å². The van der Waals surface area contributed by atoms with Crippen LogP contribution < -0.4 is 10.1 Å². The van der Waals surface area contributed by atoms with Crippen molar-refractivity contribution in [3.05, 3.63) is 108 Å². The molecule has 1 unspecified atom stereocenters. The zero-order valence-corrected chi connectivity index (χ0v) is 17.0. The molecule has 0 bridgehead atoms. The molecular weight excluding hydrogens is 372 g/mol. The summed E-state index contributed by atoms with van der Waals surface area (Å²) >= 11 is 0. The molecule has 4 heteroatoms. The Bertz CT molecular complexity index is 999. The van der Waals surface area contributed by atoms with Crippen LogP contribution in [0.4, 0.5) is 5.69 Å². The van der Waals surface area contributed by atoms with E-state index in [1.807, 2.05) is 54.6 Å². The number of fused-ring (bicyclic) bond motifs is 1. The molecule has 0 radical (unpaired) electrons. The van der Waals surface area contributed by atoms with Gasteiger partial charge in [0.15, 0.2) is 0 Å². The number of nitrogens with one attached hydrogen (secondary N) is 1. The number of carbonyl (C=O) groups excluding carboxylic acids is 1. The van der Waals surface area contributed by atoms with Gasteiger partial charge in [0, 0.05) is 12.2 Å². The number of amides is 1. The summed E-state index contributed by atoms with van der Waals surface area (Å²) in [5, 5.41) is 3.49. The third kappa shape index (κ3) is 4.38. The Morgan fingerprint density at radius 1 is 0.967 bits per heavy atom. The lowest BCUT2D eigenvalue weighted by Gasteiger charge is -2.37. The lowest BCUT2D eigenvalue weighted by atomic mass is 10.0. The summed E-state index contributed by atoms with van der Waals surface area (Å²) in [5.41, 5.74) is 3.88. The van der Waals surface area contributed by atoms with Crippen LogP contribution in [0.5, 0.6) is 5.75 Å². The maximum atomic E-state index is 13.0. The van der Waals surface area contributed by atoms with E-state index in [0.29, 0.717) is 18.7 Å². The van der Waals surface area contributed by atoms with Gasteiger partial charge in [0.2, 0.25) is 0 Å². The highest BCUT2D eigenvalue weighted by Gasteiger charge is 2.31. The molecule has 0 aliphatic carbocycles. The summed E-state index contributed by atoms with van der Waals surface area (Å²) in [5.74, 6) is 0.847. The summed E-state index contributed by atoms with van der Waals surface area (Å²) in [6, 6.07) is 26.0. The molecule has 4 rings (SSSR count). The molecule has 4 nitrogen and oxygen atoms in total. The molecule has 0 fully saturated rings. The highest BCUT2D eigenvalue weighted by molar-refractivity contribution is 6.01. The van der Waals surface area contributed by atoms with Crippen molar-refractivity contribution < 1.29 is 9.53 Å². The molecule has 1 atom stereocenters. The number of hydrogen-bond donors (Lipinski definition) is 1. The van der Waals surface area contributed by atoms with Crippen LogP contribution in [-0.2, 0) is 6.42 Å². The average Bonchev–Trinajstić information content (AvgIpc) is 2.80. The van der Waals surface area contributed by atoms with Crippen molar-refractivity contribution in [2.24, 2.45) is 0 Å². The third-order valence-electron chi connectivity index (χ3n) is 5.27. The van der Waals surface area contributed by atoms with E-state index in [1.165, 1.54) is 5.56 Å². The molecule has 1 heterocycles. The predicted molar refractivity (Wildman–Crippen MR) is 121 cm³/mol. The third-order valence-corrected chi connectivity index (χ3v) is 5.27. The normalized spacial score (nSPS) is 15.3. The number of benzene rings is 3. The second-order valence-electron chi connectivity index (χ2n) is 7.35. The first-order valence-electron chi connectivity index (χ1n) is 10.3. The summed E-state index contributed by atoms with van der Waals surface area (Å²) in [4.78, 5) is 14.8. The Labute approximate surface area is 177 Å². The molecule has 152 valence electrons. The molecule has 30 heavy (non-hydrogen) atoms. The van der Waals surface area contributed by atoms with Gasteiger partial charge in [0.05, 0.1) is 12.2 Å². The first-order chi connectivity index (χ1) is 14.8. The number of hydrogen-bond acceptors (Lipinski definition) is 3. The zero-order valence-electron chi connectivity index (χ0n) is 17.0. The van der Waals surface area contributed by atoms with E-state index in [2.05, 4.69) is 36.2 Å². The number of para-hydroxylation sites is 1. The molecule has 0 saturated heterocycles. The molecule has 1 N–H and O–H groups in total. The number of nitrogens with zero attached hydrogens (tertiary/aromatic N) is 1. The Balaban J connectivity index is 1.41. The number of anilines is 1. The van der Waals surface area contributed by atoms with Crippen LogP contribution in [-0.4, -0.2) is 24.0 Å². The minimum Gasteiger partial charge on any atom is -0.494 e. The standard InChI is InChI=1S/C26H26N2O2/c1-2-18-28-25(27-24-13-7-6-12-23(24)26(28)29)21-14-16-22(17-15-21)30-19-8-11-20-9-4-3-5-10-20/h2-7,9-10,12-17,25,27H,1,8,11,18-19H2.